The van der Waals surface area contributed by atoms with Crippen molar-refractivity contribution in [2.24, 2.45) is 5.92 Å². The number of ketones is 1. The van der Waals surface area contributed by atoms with Gasteiger partial charge in [-0.05, 0) is 36.6 Å². The molecule has 6 heteroatoms. The third-order valence-corrected chi connectivity index (χ3v) is 5.08. The van der Waals surface area contributed by atoms with Gasteiger partial charge in [0.2, 0.25) is 5.91 Å². The molecular weight excluding hydrogens is 367 g/mol. The van der Waals surface area contributed by atoms with Gasteiger partial charge < -0.3 is 5.32 Å². The fourth-order valence-corrected chi connectivity index (χ4v) is 3.57. The van der Waals surface area contributed by atoms with E-state index >= 15 is 0 Å². The molecule has 3 nitrogen and oxygen atoms in total. The summed E-state index contributed by atoms with van der Waals surface area (Å²) < 4.78 is 38.6. The average molecular weight is 389 g/mol. The fraction of sp³-hybridized carbons (Fsp3) is 0.364. The van der Waals surface area contributed by atoms with Gasteiger partial charge in [0.15, 0.2) is 5.78 Å². The molecule has 28 heavy (non-hydrogen) atoms. The van der Waals surface area contributed by atoms with Crippen LogP contribution in [0.25, 0.3) is 0 Å². The lowest BCUT2D eigenvalue weighted by atomic mass is 9.88. The van der Waals surface area contributed by atoms with Gasteiger partial charge in [0.25, 0.3) is 0 Å². The molecule has 1 fully saturated rings. The fourth-order valence-electron chi connectivity index (χ4n) is 3.57. The van der Waals surface area contributed by atoms with Gasteiger partial charge in [0.05, 0.1) is 11.3 Å². The first-order chi connectivity index (χ1) is 13.3. The summed E-state index contributed by atoms with van der Waals surface area (Å²) in [6, 6.07) is 11.4. The van der Waals surface area contributed by atoms with Crippen LogP contribution in [0.15, 0.2) is 48.5 Å². The lowest BCUT2D eigenvalue weighted by Crippen LogP contribution is -2.25. The van der Waals surface area contributed by atoms with E-state index in [1.807, 2.05) is 0 Å². The van der Waals surface area contributed by atoms with E-state index in [9.17, 15) is 22.8 Å². The number of hydrogen-bond donors (Lipinski definition) is 1. The third kappa shape index (κ3) is 5.00. The first-order valence-corrected chi connectivity index (χ1v) is 9.44. The van der Waals surface area contributed by atoms with Crippen LogP contribution in [0.1, 0.15) is 53.6 Å². The number of alkyl halides is 3. The summed E-state index contributed by atoms with van der Waals surface area (Å²) in [4.78, 5) is 25.2. The number of nitrogens with one attached hydrogen (secondary N) is 1. The smallest absolute Gasteiger partial charge is 0.325 e. The first kappa shape index (κ1) is 20.1. The largest absolute Gasteiger partial charge is 0.416 e. The van der Waals surface area contributed by atoms with Crippen molar-refractivity contribution in [1.82, 2.24) is 0 Å². The molecule has 3 rings (SSSR count). The molecule has 1 saturated carbocycles. The minimum absolute atomic E-state index is 0.0552. The molecular formula is C22H22F3NO2. The Morgan fingerprint density at radius 1 is 0.964 bits per heavy atom. The highest BCUT2D eigenvalue weighted by Gasteiger charge is 2.30. The van der Waals surface area contributed by atoms with Crippen molar-refractivity contribution >= 4 is 17.4 Å². The second kappa shape index (κ2) is 8.59. The van der Waals surface area contributed by atoms with Gasteiger partial charge in [-0.25, -0.2) is 0 Å². The van der Waals surface area contributed by atoms with Crippen molar-refractivity contribution < 1.29 is 22.8 Å². The maximum atomic E-state index is 12.9. The average Bonchev–Trinajstić information content (AvgIpc) is 2.68. The monoisotopic (exact) mass is 389 g/mol. The predicted octanol–water partition coefficient (Wildman–Crippen LogP) is 5.65. The molecule has 0 aromatic heterocycles. The molecule has 0 atom stereocenters. The van der Waals surface area contributed by atoms with Crippen LogP contribution in [-0.4, -0.2) is 11.7 Å². The van der Waals surface area contributed by atoms with Crippen LogP contribution in [0.5, 0.6) is 0 Å². The summed E-state index contributed by atoms with van der Waals surface area (Å²) in [5.74, 6) is -0.488. The molecule has 148 valence electrons. The zero-order valence-electron chi connectivity index (χ0n) is 15.4. The number of carbonyl (C=O) groups is 2. The van der Waals surface area contributed by atoms with Gasteiger partial charge in [-0.1, -0.05) is 49.6 Å². The highest BCUT2D eigenvalue weighted by Crippen LogP contribution is 2.30. The van der Waals surface area contributed by atoms with Crippen LogP contribution in [0.3, 0.4) is 0 Å². The Balaban J connectivity index is 1.75. The molecule has 0 unspecified atom stereocenters. The van der Waals surface area contributed by atoms with Crippen molar-refractivity contribution in [2.45, 2.75) is 44.7 Å². The van der Waals surface area contributed by atoms with Crippen LogP contribution in [0.4, 0.5) is 18.9 Å². The topological polar surface area (TPSA) is 46.2 Å². The van der Waals surface area contributed by atoms with Crippen molar-refractivity contribution in [1.29, 1.82) is 0 Å². The van der Waals surface area contributed by atoms with Crippen molar-refractivity contribution in [2.75, 3.05) is 5.32 Å². The molecule has 1 amide bonds. The number of anilines is 1. The molecule has 0 radical (unpaired) electrons. The van der Waals surface area contributed by atoms with E-state index in [4.69, 9.17) is 0 Å². The van der Waals surface area contributed by atoms with E-state index in [1.165, 1.54) is 12.1 Å². The maximum absolute atomic E-state index is 12.9. The second-order valence-electron chi connectivity index (χ2n) is 7.17. The highest BCUT2D eigenvalue weighted by atomic mass is 19.4. The molecule has 0 aliphatic heterocycles. The Bertz CT molecular complexity index is 855. The highest BCUT2D eigenvalue weighted by molar-refractivity contribution is 6.06. The van der Waals surface area contributed by atoms with E-state index in [1.54, 1.807) is 24.3 Å². The van der Waals surface area contributed by atoms with Gasteiger partial charge in [-0.15, -0.1) is 0 Å². The number of carbonyl (C=O) groups excluding carboxylic acids is 2. The Hall–Kier alpha value is -2.63. The van der Waals surface area contributed by atoms with Crippen LogP contribution in [0.2, 0.25) is 0 Å². The molecule has 0 heterocycles. The Morgan fingerprint density at radius 3 is 2.39 bits per heavy atom. The summed E-state index contributed by atoms with van der Waals surface area (Å²) in [5.41, 5.74) is 0.226. The standard InChI is InChI=1S/C22H22F3NO2/c23-22(24,25)17-10-6-7-15(13-17)14-20(27)18-11-4-5-12-19(18)26-21(28)16-8-2-1-3-9-16/h4-7,10-13,16H,1-3,8-9,14H2,(H,26,28). The first-order valence-electron chi connectivity index (χ1n) is 9.44. The van der Waals surface area contributed by atoms with Crippen molar-refractivity contribution in [3.8, 4) is 0 Å². The Labute approximate surface area is 162 Å². The number of Topliss-reactive ketones (excluding diaryl/α,β-unsaturated/α-hetero) is 1. The predicted molar refractivity (Wildman–Crippen MR) is 101 cm³/mol. The van der Waals surface area contributed by atoms with Crippen LogP contribution >= 0.6 is 0 Å². The lowest BCUT2D eigenvalue weighted by molar-refractivity contribution is -0.137. The Kier molecular flexibility index (Phi) is 6.17. The molecule has 0 spiro atoms. The Morgan fingerprint density at radius 2 is 1.68 bits per heavy atom. The van der Waals surface area contributed by atoms with Gasteiger partial charge in [-0.3, -0.25) is 9.59 Å². The summed E-state index contributed by atoms with van der Waals surface area (Å²) in [6.07, 6.45) is 0.238. The van der Waals surface area contributed by atoms with Crippen LogP contribution in [-0.2, 0) is 17.4 Å². The van der Waals surface area contributed by atoms with Gasteiger partial charge in [-0.2, -0.15) is 13.2 Å². The minimum Gasteiger partial charge on any atom is -0.325 e. The van der Waals surface area contributed by atoms with E-state index in [2.05, 4.69) is 5.32 Å². The van der Waals surface area contributed by atoms with Crippen LogP contribution in [0, 0.1) is 5.92 Å². The lowest BCUT2D eigenvalue weighted by Gasteiger charge is -2.21. The van der Waals surface area contributed by atoms with E-state index in [0.29, 0.717) is 11.3 Å². The SMILES string of the molecule is O=C(Cc1cccc(C(F)(F)F)c1)c1ccccc1NC(=O)C1CCCCC1. The number of hydrogen-bond acceptors (Lipinski definition) is 2. The maximum Gasteiger partial charge on any atom is 0.416 e. The van der Waals surface area contributed by atoms with E-state index in [0.717, 1.165) is 44.2 Å². The second-order valence-corrected chi connectivity index (χ2v) is 7.17. The summed E-state index contributed by atoms with van der Waals surface area (Å²) in [7, 11) is 0. The van der Waals surface area contributed by atoms with Gasteiger partial charge in [0, 0.05) is 17.9 Å². The number of para-hydroxylation sites is 1. The summed E-state index contributed by atoms with van der Waals surface area (Å²) in [5, 5.41) is 2.84. The van der Waals surface area contributed by atoms with Crippen molar-refractivity contribution in [3.63, 3.8) is 0 Å². The number of amides is 1. The quantitative estimate of drug-likeness (QED) is 0.672. The van der Waals surface area contributed by atoms with Gasteiger partial charge in [0.1, 0.15) is 0 Å². The zero-order chi connectivity index (χ0) is 20.1. The van der Waals surface area contributed by atoms with E-state index < -0.39 is 11.7 Å². The van der Waals surface area contributed by atoms with Crippen LogP contribution < -0.4 is 5.32 Å². The normalized spacial score (nSPS) is 15.2. The molecule has 1 N–H and O–H groups in total. The summed E-state index contributed by atoms with van der Waals surface area (Å²) >= 11 is 0. The number of halogens is 3. The molecule has 0 bridgehead atoms. The molecule has 0 saturated heterocycles. The molecule has 2 aromatic rings. The van der Waals surface area contributed by atoms with E-state index in [-0.39, 0.29) is 29.6 Å². The third-order valence-electron chi connectivity index (χ3n) is 5.08. The molecule has 1 aliphatic carbocycles. The molecule has 2 aromatic carbocycles. The minimum atomic E-state index is -4.45. The number of benzene rings is 2. The van der Waals surface area contributed by atoms with Gasteiger partial charge >= 0.3 is 6.18 Å². The molecule has 1 aliphatic rings. The summed E-state index contributed by atoms with van der Waals surface area (Å²) in [6.45, 7) is 0. The zero-order valence-corrected chi connectivity index (χ0v) is 15.4. The number of rotatable bonds is 5. The van der Waals surface area contributed by atoms with Crippen molar-refractivity contribution in [3.05, 3.63) is 65.2 Å².